The summed E-state index contributed by atoms with van der Waals surface area (Å²) >= 11 is 0. The van der Waals surface area contributed by atoms with Crippen molar-refractivity contribution >= 4 is 0 Å². The molecule has 34 heavy (non-hydrogen) atoms. The third kappa shape index (κ3) is 5.09. The van der Waals surface area contributed by atoms with Crippen LogP contribution in [0.5, 0.6) is 0 Å². The minimum atomic E-state index is -2.36. The molecule has 16 heteroatoms. The van der Waals surface area contributed by atoms with Gasteiger partial charge in [-0.1, -0.05) is 0 Å². The van der Waals surface area contributed by atoms with Crippen molar-refractivity contribution in [3.05, 3.63) is 0 Å². The van der Waals surface area contributed by atoms with Crippen LogP contribution in [0.1, 0.15) is 0 Å². The molecule has 0 saturated carbocycles. The molecule has 1 unspecified atom stereocenters. The average Bonchev–Trinajstić information content (AvgIpc) is 3.08. The lowest BCUT2D eigenvalue weighted by Crippen LogP contribution is -2.63. The molecule has 200 valence electrons. The van der Waals surface area contributed by atoms with Crippen molar-refractivity contribution in [3.63, 3.8) is 0 Å². The van der Waals surface area contributed by atoms with E-state index < -0.39 is 112 Å². The molecule has 3 aliphatic heterocycles. The third-order valence-corrected chi connectivity index (χ3v) is 6.16. The van der Waals surface area contributed by atoms with Gasteiger partial charge in [-0.2, -0.15) is 0 Å². The molecule has 11 N–H and O–H groups in total. The molecule has 0 aliphatic carbocycles. The fraction of sp³-hybridized carbons (Fsp3) is 1.00. The average molecular weight is 504 g/mol. The fourth-order valence-electron chi connectivity index (χ4n) is 4.01. The van der Waals surface area contributed by atoms with Gasteiger partial charge >= 0.3 is 0 Å². The molecule has 3 rings (SSSR count). The quantitative estimate of drug-likeness (QED) is 0.146. The molecule has 0 spiro atoms. The highest BCUT2D eigenvalue weighted by atomic mass is 16.8. The van der Waals surface area contributed by atoms with Crippen LogP contribution >= 0.6 is 0 Å². The van der Waals surface area contributed by atoms with Crippen molar-refractivity contribution in [2.75, 3.05) is 26.4 Å². The van der Waals surface area contributed by atoms with Gasteiger partial charge < -0.3 is 79.9 Å². The van der Waals surface area contributed by atoms with Crippen LogP contribution in [0.2, 0.25) is 0 Å². The monoisotopic (exact) mass is 504 g/mol. The Morgan fingerprint density at radius 3 is 1.65 bits per heavy atom. The van der Waals surface area contributed by atoms with Crippen molar-refractivity contribution in [2.24, 2.45) is 0 Å². The number of aliphatic hydroxyl groups excluding tert-OH is 11. The summed E-state index contributed by atoms with van der Waals surface area (Å²) in [5.41, 5.74) is 0. The maximum absolute atomic E-state index is 10.3. The summed E-state index contributed by atoms with van der Waals surface area (Å²) in [6.45, 7) is -3.14. The fourth-order valence-corrected chi connectivity index (χ4v) is 4.01. The Morgan fingerprint density at radius 1 is 0.588 bits per heavy atom. The highest BCUT2D eigenvalue weighted by Gasteiger charge is 2.58. The molecule has 0 amide bonds. The van der Waals surface area contributed by atoms with Gasteiger partial charge in [0.2, 0.25) is 5.79 Å². The lowest BCUT2D eigenvalue weighted by molar-refractivity contribution is -0.388. The summed E-state index contributed by atoms with van der Waals surface area (Å²) in [5.74, 6) is -2.36. The van der Waals surface area contributed by atoms with E-state index in [1.54, 1.807) is 0 Å². The van der Waals surface area contributed by atoms with Gasteiger partial charge in [0.05, 0.1) is 19.8 Å². The molecule has 3 saturated heterocycles. The molecule has 0 aromatic rings. The Balaban J connectivity index is 1.69. The van der Waals surface area contributed by atoms with Crippen LogP contribution < -0.4 is 0 Å². The topological polar surface area (TPSA) is 269 Å². The summed E-state index contributed by atoms with van der Waals surface area (Å²) < 4.78 is 26.4. The van der Waals surface area contributed by atoms with Crippen LogP contribution in [0.4, 0.5) is 0 Å². The number of hydrogen-bond acceptors (Lipinski definition) is 16. The van der Waals surface area contributed by atoms with E-state index in [2.05, 4.69) is 0 Å². The van der Waals surface area contributed by atoms with Crippen LogP contribution in [0, 0.1) is 0 Å². The van der Waals surface area contributed by atoms with Crippen LogP contribution in [0.3, 0.4) is 0 Å². The minimum absolute atomic E-state index is 0.634. The maximum Gasteiger partial charge on any atom is 0.224 e. The van der Waals surface area contributed by atoms with Crippen molar-refractivity contribution in [1.82, 2.24) is 0 Å². The molecular weight excluding hydrogens is 472 g/mol. The van der Waals surface area contributed by atoms with E-state index in [-0.39, 0.29) is 0 Å². The molecule has 0 radical (unpaired) electrons. The Labute approximate surface area is 192 Å². The molecule has 3 aliphatic rings. The van der Waals surface area contributed by atoms with E-state index in [1.165, 1.54) is 0 Å². The summed E-state index contributed by atoms with van der Waals surface area (Å²) in [7, 11) is 0. The Bertz CT molecular complexity index is 653. The summed E-state index contributed by atoms with van der Waals surface area (Å²) in [6.07, 6.45) is -21.8. The molecule has 3 heterocycles. The summed E-state index contributed by atoms with van der Waals surface area (Å²) in [5, 5.41) is 109. The predicted octanol–water partition coefficient (Wildman–Crippen LogP) is -7.57. The van der Waals surface area contributed by atoms with E-state index in [9.17, 15) is 56.2 Å². The van der Waals surface area contributed by atoms with Crippen LogP contribution in [-0.4, -0.2) is 168 Å². The van der Waals surface area contributed by atoms with Gasteiger partial charge in [-0.05, 0) is 0 Å². The van der Waals surface area contributed by atoms with Crippen molar-refractivity contribution in [1.29, 1.82) is 0 Å². The van der Waals surface area contributed by atoms with E-state index >= 15 is 0 Å². The van der Waals surface area contributed by atoms with Gasteiger partial charge in [0.15, 0.2) is 12.6 Å². The van der Waals surface area contributed by atoms with Crippen molar-refractivity contribution in [2.45, 2.75) is 85.5 Å². The highest BCUT2D eigenvalue weighted by molar-refractivity contribution is 4.98. The Hall–Kier alpha value is -0.640. The minimum Gasteiger partial charge on any atom is -0.394 e. The van der Waals surface area contributed by atoms with Gasteiger partial charge in [-0.15, -0.1) is 0 Å². The zero-order valence-electron chi connectivity index (χ0n) is 17.8. The van der Waals surface area contributed by atoms with Gasteiger partial charge in [0.1, 0.15) is 73.8 Å². The lowest BCUT2D eigenvalue weighted by atomic mass is 9.98. The normalized spacial score (nSPS) is 52.1. The van der Waals surface area contributed by atoms with E-state index in [4.69, 9.17) is 23.7 Å². The summed E-state index contributed by atoms with van der Waals surface area (Å²) in [4.78, 5) is 0. The number of hydrogen-bond donors (Lipinski definition) is 11. The molecule has 0 aromatic heterocycles. The van der Waals surface area contributed by atoms with E-state index in [0.29, 0.717) is 0 Å². The predicted molar refractivity (Wildman–Crippen MR) is 101 cm³/mol. The maximum atomic E-state index is 10.3. The second-order valence-electron chi connectivity index (χ2n) is 8.41. The zero-order valence-corrected chi connectivity index (χ0v) is 17.8. The third-order valence-electron chi connectivity index (χ3n) is 6.16. The largest absolute Gasteiger partial charge is 0.394 e. The van der Waals surface area contributed by atoms with E-state index in [0.717, 1.165) is 0 Å². The van der Waals surface area contributed by atoms with Gasteiger partial charge in [0.25, 0.3) is 0 Å². The first kappa shape index (κ1) is 27.9. The second kappa shape index (κ2) is 11.2. The first-order valence-corrected chi connectivity index (χ1v) is 10.6. The molecule has 16 nitrogen and oxygen atoms in total. The molecule has 0 aromatic carbocycles. The van der Waals surface area contributed by atoms with Gasteiger partial charge in [-0.25, -0.2) is 0 Å². The zero-order chi connectivity index (χ0) is 25.4. The second-order valence-corrected chi connectivity index (χ2v) is 8.41. The van der Waals surface area contributed by atoms with E-state index in [1.807, 2.05) is 0 Å². The van der Waals surface area contributed by atoms with Crippen LogP contribution in [0.25, 0.3) is 0 Å². The van der Waals surface area contributed by atoms with Crippen LogP contribution in [0.15, 0.2) is 0 Å². The number of ether oxygens (including phenoxy) is 5. The standard InChI is InChI=1S/C18H32O16/c19-1-5-8(22)11(25)13(27)16(31-5)30-3-7-9(23)12(26)14(28)17(32-7)34-18(4-21)15(29)10(24)6(2-20)33-18/h5-17,19-29H,1-4H2/t5-,6-,7-,8+,9-,10-,11+,12+,13-,14-,15+,16?,17-,18+/m1/s1. The highest BCUT2D eigenvalue weighted by Crippen LogP contribution is 2.36. The van der Waals surface area contributed by atoms with Crippen LogP contribution in [-0.2, 0) is 23.7 Å². The smallest absolute Gasteiger partial charge is 0.224 e. The van der Waals surface area contributed by atoms with Gasteiger partial charge in [0, 0.05) is 0 Å². The van der Waals surface area contributed by atoms with Crippen molar-refractivity contribution < 1.29 is 79.9 Å². The molecule has 3 fully saturated rings. The first-order valence-electron chi connectivity index (χ1n) is 10.6. The first-order chi connectivity index (χ1) is 16.0. The number of aliphatic hydroxyl groups is 11. The molecule has 14 atom stereocenters. The Kier molecular flexibility index (Phi) is 9.18. The summed E-state index contributed by atoms with van der Waals surface area (Å²) in [6, 6.07) is 0. The number of rotatable bonds is 8. The Morgan fingerprint density at radius 2 is 1.12 bits per heavy atom. The lowest BCUT2D eigenvalue weighted by Gasteiger charge is -2.44. The van der Waals surface area contributed by atoms with Gasteiger partial charge in [-0.3, -0.25) is 0 Å². The molecular formula is C18H32O16. The molecule has 0 bridgehead atoms. The SMILES string of the molecule is OC[C@H]1OC(OC[C@H]2O[C@H](O[C@]3(CO)O[C@H](CO)[C@@H](O)[C@@H]3O)[C@H](O)[C@@H](O)[C@@H]2O)[C@H](O)[C@@H](O)[C@H]1O. The van der Waals surface area contributed by atoms with Crippen molar-refractivity contribution in [3.8, 4) is 0 Å².